The molecule has 0 saturated heterocycles. The first-order valence-corrected chi connectivity index (χ1v) is 9.92. The van der Waals surface area contributed by atoms with Crippen molar-refractivity contribution in [3.63, 3.8) is 0 Å². The van der Waals surface area contributed by atoms with Gasteiger partial charge in [-0.15, -0.1) is 0 Å². The molecule has 2 unspecified atom stereocenters. The number of unbranched alkanes of at least 4 members (excludes halogenated alkanes) is 10. The van der Waals surface area contributed by atoms with Crippen molar-refractivity contribution in [1.29, 1.82) is 0 Å². The van der Waals surface area contributed by atoms with Crippen molar-refractivity contribution in [2.45, 2.75) is 104 Å². The van der Waals surface area contributed by atoms with Crippen LogP contribution >= 0.6 is 0 Å². The Morgan fingerprint density at radius 1 is 0.792 bits per heavy atom. The van der Waals surface area contributed by atoms with E-state index < -0.39 is 17.9 Å². The van der Waals surface area contributed by atoms with Gasteiger partial charge in [-0.2, -0.15) is 0 Å². The summed E-state index contributed by atoms with van der Waals surface area (Å²) in [5.41, 5.74) is 0. The van der Waals surface area contributed by atoms with Gasteiger partial charge < -0.3 is 10.2 Å². The van der Waals surface area contributed by atoms with Crippen LogP contribution in [-0.2, 0) is 9.59 Å². The smallest absolute Gasteiger partial charge is 0.307 e. The number of aliphatic carboxylic acids is 2. The second-order valence-electron chi connectivity index (χ2n) is 7.30. The molecule has 0 fully saturated rings. The summed E-state index contributed by atoms with van der Waals surface area (Å²) in [6, 6.07) is 0. The summed E-state index contributed by atoms with van der Waals surface area (Å²) in [5.74, 6) is -2.47. The van der Waals surface area contributed by atoms with Gasteiger partial charge in [-0.05, 0) is 12.3 Å². The summed E-state index contributed by atoms with van der Waals surface area (Å²) < 4.78 is 0. The summed E-state index contributed by atoms with van der Waals surface area (Å²) in [7, 11) is 0. The molecule has 0 spiro atoms. The van der Waals surface area contributed by atoms with E-state index in [1.54, 1.807) is 0 Å². The van der Waals surface area contributed by atoms with Crippen molar-refractivity contribution >= 4 is 11.9 Å². The van der Waals surface area contributed by atoms with Crippen molar-refractivity contribution in [3.05, 3.63) is 0 Å². The van der Waals surface area contributed by atoms with Crippen LogP contribution in [0.4, 0.5) is 0 Å². The molecule has 2 N–H and O–H groups in total. The third kappa shape index (κ3) is 14.5. The van der Waals surface area contributed by atoms with Crippen LogP contribution in [0.3, 0.4) is 0 Å². The molecule has 0 bridgehead atoms. The van der Waals surface area contributed by atoms with Crippen LogP contribution in [0.5, 0.6) is 0 Å². The molecular formula is C20H38O4. The molecule has 0 aliphatic carbocycles. The lowest BCUT2D eigenvalue weighted by atomic mass is 9.89. The quantitative estimate of drug-likeness (QED) is 0.323. The predicted molar refractivity (Wildman–Crippen MR) is 98.2 cm³/mol. The van der Waals surface area contributed by atoms with Crippen molar-refractivity contribution in [3.8, 4) is 0 Å². The summed E-state index contributed by atoms with van der Waals surface area (Å²) in [6.45, 7) is 4.28. The predicted octanol–water partition coefficient (Wildman–Crippen LogP) is 5.89. The van der Waals surface area contributed by atoms with Crippen LogP contribution in [0.2, 0.25) is 0 Å². The standard InChI is InChI=1S/C20H38O4/c1-3-4-5-6-7-8-9-10-11-12-13-14-17(2)15-18(20(23)24)16-19(21)22/h17-18H,3-16H2,1-2H3,(H,21,22)(H,23,24). The largest absolute Gasteiger partial charge is 0.481 e. The van der Waals surface area contributed by atoms with Gasteiger partial charge in [0, 0.05) is 0 Å². The van der Waals surface area contributed by atoms with Crippen LogP contribution in [0.25, 0.3) is 0 Å². The van der Waals surface area contributed by atoms with Crippen LogP contribution in [0, 0.1) is 11.8 Å². The summed E-state index contributed by atoms with van der Waals surface area (Å²) >= 11 is 0. The monoisotopic (exact) mass is 342 g/mol. The van der Waals surface area contributed by atoms with Gasteiger partial charge in [-0.25, -0.2) is 0 Å². The highest BCUT2D eigenvalue weighted by atomic mass is 16.4. The van der Waals surface area contributed by atoms with E-state index >= 15 is 0 Å². The Bertz CT molecular complexity index is 328. The highest BCUT2D eigenvalue weighted by molar-refractivity contribution is 5.77. The minimum Gasteiger partial charge on any atom is -0.481 e. The van der Waals surface area contributed by atoms with Gasteiger partial charge in [0.25, 0.3) is 0 Å². The van der Waals surface area contributed by atoms with E-state index in [1.165, 1.54) is 64.2 Å². The Hall–Kier alpha value is -1.06. The Balaban J connectivity index is 3.52. The van der Waals surface area contributed by atoms with Crippen LogP contribution in [-0.4, -0.2) is 22.2 Å². The summed E-state index contributed by atoms with van der Waals surface area (Å²) in [5, 5.41) is 17.8. The molecule has 0 radical (unpaired) electrons. The van der Waals surface area contributed by atoms with Crippen molar-refractivity contribution < 1.29 is 19.8 Å². The average Bonchev–Trinajstić information content (AvgIpc) is 2.51. The minimum absolute atomic E-state index is 0.266. The topological polar surface area (TPSA) is 74.6 Å². The van der Waals surface area contributed by atoms with E-state index in [4.69, 9.17) is 10.2 Å². The van der Waals surface area contributed by atoms with E-state index in [9.17, 15) is 9.59 Å². The van der Waals surface area contributed by atoms with Crippen LogP contribution in [0.15, 0.2) is 0 Å². The van der Waals surface area contributed by atoms with Gasteiger partial charge in [0.1, 0.15) is 0 Å². The first-order valence-electron chi connectivity index (χ1n) is 9.92. The number of carboxylic acid groups (broad SMARTS) is 2. The highest BCUT2D eigenvalue weighted by Gasteiger charge is 2.23. The highest BCUT2D eigenvalue weighted by Crippen LogP contribution is 2.22. The van der Waals surface area contributed by atoms with Crippen LogP contribution < -0.4 is 0 Å². The Morgan fingerprint density at radius 2 is 1.25 bits per heavy atom. The van der Waals surface area contributed by atoms with E-state index in [-0.39, 0.29) is 12.3 Å². The molecule has 24 heavy (non-hydrogen) atoms. The molecule has 0 saturated carbocycles. The van der Waals surface area contributed by atoms with E-state index in [0.29, 0.717) is 6.42 Å². The van der Waals surface area contributed by atoms with Gasteiger partial charge in [-0.1, -0.05) is 90.9 Å². The number of rotatable bonds is 17. The summed E-state index contributed by atoms with van der Waals surface area (Å²) in [4.78, 5) is 21.8. The first-order chi connectivity index (χ1) is 11.5. The maximum atomic E-state index is 11.1. The lowest BCUT2D eigenvalue weighted by Crippen LogP contribution is -2.20. The lowest BCUT2D eigenvalue weighted by Gasteiger charge is -2.16. The number of carbonyl (C=O) groups is 2. The zero-order chi connectivity index (χ0) is 18.2. The molecule has 0 aromatic rings. The molecule has 0 heterocycles. The fourth-order valence-corrected chi connectivity index (χ4v) is 3.24. The molecule has 4 heteroatoms. The van der Waals surface area contributed by atoms with Gasteiger partial charge in [0.2, 0.25) is 0 Å². The number of hydrogen-bond acceptors (Lipinski definition) is 2. The Labute approximate surface area is 148 Å². The fraction of sp³-hybridized carbons (Fsp3) is 0.900. The average molecular weight is 343 g/mol. The molecule has 0 aliphatic rings. The second-order valence-corrected chi connectivity index (χ2v) is 7.30. The molecule has 0 aromatic heterocycles. The van der Waals surface area contributed by atoms with Crippen LogP contribution in [0.1, 0.15) is 104 Å². The van der Waals surface area contributed by atoms with Gasteiger partial charge >= 0.3 is 11.9 Å². The van der Waals surface area contributed by atoms with Gasteiger partial charge in [-0.3, -0.25) is 9.59 Å². The SMILES string of the molecule is CCCCCCCCCCCCCC(C)CC(CC(=O)O)C(=O)O. The molecular weight excluding hydrogens is 304 g/mol. The minimum atomic E-state index is -1.02. The molecule has 2 atom stereocenters. The number of carboxylic acids is 2. The van der Waals surface area contributed by atoms with E-state index in [0.717, 1.165) is 12.8 Å². The lowest BCUT2D eigenvalue weighted by molar-refractivity contribution is -0.148. The van der Waals surface area contributed by atoms with E-state index in [2.05, 4.69) is 6.92 Å². The maximum absolute atomic E-state index is 11.1. The third-order valence-electron chi connectivity index (χ3n) is 4.76. The zero-order valence-electron chi connectivity index (χ0n) is 15.8. The molecule has 0 aliphatic heterocycles. The molecule has 142 valence electrons. The molecule has 0 aromatic carbocycles. The van der Waals surface area contributed by atoms with Gasteiger partial charge in [0.05, 0.1) is 12.3 Å². The van der Waals surface area contributed by atoms with E-state index in [1.807, 2.05) is 6.92 Å². The second kappa shape index (κ2) is 15.5. The Kier molecular flexibility index (Phi) is 14.8. The molecule has 0 rings (SSSR count). The first kappa shape index (κ1) is 22.9. The third-order valence-corrected chi connectivity index (χ3v) is 4.76. The normalized spacial score (nSPS) is 13.6. The summed E-state index contributed by atoms with van der Waals surface area (Å²) in [6.07, 6.45) is 15.6. The molecule has 4 nitrogen and oxygen atoms in total. The van der Waals surface area contributed by atoms with Crippen molar-refractivity contribution in [2.24, 2.45) is 11.8 Å². The van der Waals surface area contributed by atoms with Gasteiger partial charge in [0.15, 0.2) is 0 Å². The van der Waals surface area contributed by atoms with Crippen molar-refractivity contribution in [2.75, 3.05) is 0 Å². The van der Waals surface area contributed by atoms with Crippen molar-refractivity contribution in [1.82, 2.24) is 0 Å². The Morgan fingerprint density at radius 3 is 1.67 bits per heavy atom. The number of hydrogen-bond donors (Lipinski definition) is 2. The maximum Gasteiger partial charge on any atom is 0.307 e. The fourth-order valence-electron chi connectivity index (χ4n) is 3.24. The zero-order valence-corrected chi connectivity index (χ0v) is 15.8. The molecule has 0 amide bonds.